The highest BCUT2D eigenvalue weighted by Crippen LogP contribution is 2.10. The fourth-order valence-electron chi connectivity index (χ4n) is 1.68. The van der Waals surface area contributed by atoms with Gasteiger partial charge in [0.25, 0.3) is 5.91 Å². The van der Waals surface area contributed by atoms with Crippen molar-refractivity contribution in [3.8, 4) is 5.75 Å². The van der Waals surface area contributed by atoms with Crippen LogP contribution in [0.5, 0.6) is 5.75 Å². The first-order chi connectivity index (χ1) is 9.97. The molecule has 2 amide bonds. The van der Waals surface area contributed by atoms with Crippen LogP contribution in [0.4, 0.5) is 0 Å². The van der Waals surface area contributed by atoms with Crippen molar-refractivity contribution in [2.24, 2.45) is 5.92 Å². The molecule has 0 unspecified atom stereocenters. The minimum absolute atomic E-state index is 0.00940. The molecule has 0 spiro atoms. The molecule has 0 aliphatic heterocycles. The molecule has 0 aliphatic rings. The summed E-state index contributed by atoms with van der Waals surface area (Å²) in [6.45, 7) is 6.78. The molecule has 0 saturated heterocycles. The van der Waals surface area contributed by atoms with Crippen LogP contribution in [0.2, 0.25) is 0 Å². The Balaban J connectivity index is 2.11. The summed E-state index contributed by atoms with van der Waals surface area (Å²) in [4.78, 5) is 22.9. The van der Waals surface area contributed by atoms with Gasteiger partial charge in [-0.25, -0.2) is 0 Å². The van der Waals surface area contributed by atoms with Crippen LogP contribution in [-0.4, -0.2) is 31.5 Å². The summed E-state index contributed by atoms with van der Waals surface area (Å²) >= 11 is 0. The minimum atomic E-state index is -0.200. The molecular formula is C16H24N2O3. The SMILES string of the molecule is Cc1ccc(OCC(=O)NCCNC(=O)CC(C)C)cc1. The van der Waals surface area contributed by atoms with Crippen molar-refractivity contribution >= 4 is 11.8 Å². The molecule has 1 rings (SSSR count). The largest absolute Gasteiger partial charge is 0.484 e. The fraction of sp³-hybridized carbons (Fsp3) is 0.500. The topological polar surface area (TPSA) is 67.4 Å². The summed E-state index contributed by atoms with van der Waals surface area (Å²) in [5.74, 6) is 0.812. The van der Waals surface area contributed by atoms with Crippen LogP contribution >= 0.6 is 0 Å². The number of benzene rings is 1. The zero-order valence-corrected chi connectivity index (χ0v) is 12.9. The van der Waals surface area contributed by atoms with Crippen molar-refractivity contribution in [2.75, 3.05) is 19.7 Å². The summed E-state index contributed by atoms with van der Waals surface area (Å²) in [5, 5.41) is 5.45. The van der Waals surface area contributed by atoms with Crippen LogP contribution in [-0.2, 0) is 9.59 Å². The molecule has 0 radical (unpaired) electrons. The average molecular weight is 292 g/mol. The molecule has 21 heavy (non-hydrogen) atoms. The molecule has 2 N–H and O–H groups in total. The van der Waals surface area contributed by atoms with Crippen molar-refractivity contribution < 1.29 is 14.3 Å². The monoisotopic (exact) mass is 292 g/mol. The summed E-state index contributed by atoms with van der Waals surface area (Å²) in [5.41, 5.74) is 1.14. The number of rotatable bonds is 8. The third-order valence-electron chi connectivity index (χ3n) is 2.75. The lowest BCUT2D eigenvalue weighted by Gasteiger charge is -2.09. The molecule has 0 bridgehead atoms. The van der Waals surface area contributed by atoms with E-state index in [1.54, 1.807) is 0 Å². The number of amides is 2. The standard InChI is InChI=1S/C16H24N2O3/c1-12(2)10-15(19)17-8-9-18-16(20)11-21-14-6-4-13(3)5-7-14/h4-7,12H,8-11H2,1-3H3,(H,17,19)(H,18,20). The van der Waals surface area contributed by atoms with Crippen LogP contribution in [0.1, 0.15) is 25.8 Å². The van der Waals surface area contributed by atoms with E-state index in [1.165, 1.54) is 0 Å². The number of hydrogen-bond acceptors (Lipinski definition) is 3. The fourth-order valence-corrected chi connectivity index (χ4v) is 1.68. The first-order valence-electron chi connectivity index (χ1n) is 7.20. The second-order valence-electron chi connectivity index (χ2n) is 5.40. The quantitative estimate of drug-likeness (QED) is 0.716. The average Bonchev–Trinajstić information content (AvgIpc) is 2.42. The van der Waals surface area contributed by atoms with Gasteiger partial charge in [0.1, 0.15) is 5.75 Å². The zero-order chi connectivity index (χ0) is 15.7. The predicted molar refractivity (Wildman–Crippen MR) is 82.1 cm³/mol. The highest BCUT2D eigenvalue weighted by Gasteiger charge is 2.05. The Labute approximate surface area is 126 Å². The Kier molecular flexibility index (Phi) is 7.29. The highest BCUT2D eigenvalue weighted by molar-refractivity contribution is 5.78. The van der Waals surface area contributed by atoms with Gasteiger partial charge in [-0.2, -0.15) is 0 Å². The normalized spacial score (nSPS) is 10.3. The van der Waals surface area contributed by atoms with Crippen LogP contribution in [0.25, 0.3) is 0 Å². The van der Waals surface area contributed by atoms with E-state index in [9.17, 15) is 9.59 Å². The van der Waals surface area contributed by atoms with E-state index < -0.39 is 0 Å². The molecule has 0 saturated carbocycles. The Morgan fingerprint density at radius 2 is 1.62 bits per heavy atom. The van der Waals surface area contributed by atoms with Crippen molar-refractivity contribution in [3.63, 3.8) is 0 Å². The molecule has 0 aliphatic carbocycles. The molecule has 0 aromatic heterocycles. The third kappa shape index (κ3) is 7.97. The van der Waals surface area contributed by atoms with Crippen molar-refractivity contribution in [1.82, 2.24) is 10.6 Å². The molecule has 1 aromatic rings. The smallest absolute Gasteiger partial charge is 0.258 e. The Bertz CT molecular complexity index is 455. The van der Waals surface area contributed by atoms with Crippen molar-refractivity contribution in [3.05, 3.63) is 29.8 Å². The Hall–Kier alpha value is -2.04. The Morgan fingerprint density at radius 3 is 2.19 bits per heavy atom. The van der Waals surface area contributed by atoms with Gasteiger partial charge >= 0.3 is 0 Å². The van der Waals surface area contributed by atoms with Gasteiger partial charge in [0, 0.05) is 19.5 Å². The second kappa shape index (κ2) is 9.00. The molecular weight excluding hydrogens is 268 g/mol. The third-order valence-corrected chi connectivity index (χ3v) is 2.75. The molecule has 1 aromatic carbocycles. The predicted octanol–water partition coefficient (Wildman–Crippen LogP) is 1.65. The number of carbonyl (C=O) groups excluding carboxylic acids is 2. The lowest BCUT2D eigenvalue weighted by atomic mass is 10.1. The van der Waals surface area contributed by atoms with Gasteiger partial charge in [-0.15, -0.1) is 0 Å². The van der Waals surface area contributed by atoms with E-state index in [0.29, 0.717) is 31.2 Å². The van der Waals surface area contributed by atoms with Gasteiger partial charge in [0.2, 0.25) is 5.91 Å². The van der Waals surface area contributed by atoms with Crippen LogP contribution in [0.15, 0.2) is 24.3 Å². The number of nitrogens with one attached hydrogen (secondary N) is 2. The minimum Gasteiger partial charge on any atom is -0.484 e. The van der Waals surface area contributed by atoms with Gasteiger partial charge in [-0.3, -0.25) is 9.59 Å². The van der Waals surface area contributed by atoms with Crippen molar-refractivity contribution in [2.45, 2.75) is 27.2 Å². The molecule has 116 valence electrons. The summed E-state index contributed by atoms with van der Waals surface area (Å²) < 4.78 is 5.35. The summed E-state index contributed by atoms with van der Waals surface area (Å²) in [6.07, 6.45) is 0.504. The lowest BCUT2D eigenvalue weighted by molar-refractivity contribution is -0.124. The van der Waals surface area contributed by atoms with Gasteiger partial charge in [-0.05, 0) is 25.0 Å². The van der Waals surface area contributed by atoms with Crippen molar-refractivity contribution in [1.29, 1.82) is 0 Å². The van der Waals surface area contributed by atoms with E-state index in [4.69, 9.17) is 4.74 Å². The van der Waals surface area contributed by atoms with Gasteiger partial charge in [0.15, 0.2) is 6.61 Å². The molecule has 0 fully saturated rings. The Morgan fingerprint density at radius 1 is 1.05 bits per heavy atom. The second-order valence-corrected chi connectivity index (χ2v) is 5.40. The molecule has 0 heterocycles. The van der Waals surface area contributed by atoms with Gasteiger partial charge in [-0.1, -0.05) is 31.5 Å². The maximum atomic E-state index is 11.6. The molecule has 5 heteroatoms. The number of carbonyl (C=O) groups is 2. The first-order valence-corrected chi connectivity index (χ1v) is 7.20. The highest BCUT2D eigenvalue weighted by atomic mass is 16.5. The van der Waals surface area contributed by atoms with Crippen LogP contribution in [0, 0.1) is 12.8 Å². The molecule has 5 nitrogen and oxygen atoms in total. The maximum Gasteiger partial charge on any atom is 0.258 e. The number of hydrogen-bond donors (Lipinski definition) is 2. The van der Waals surface area contributed by atoms with E-state index in [1.807, 2.05) is 45.0 Å². The van der Waals surface area contributed by atoms with E-state index >= 15 is 0 Å². The maximum absolute atomic E-state index is 11.6. The number of aryl methyl sites for hydroxylation is 1. The van der Waals surface area contributed by atoms with Gasteiger partial charge < -0.3 is 15.4 Å². The zero-order valence-electron chi connectivity index (χ0n) is 12.9. The lowest BCUT2D eigenvalue weighted by Crippen LogP contribution is -2.37. The van der Waals surface area contributed by atoms with Crippen LogP contribution < -0.4 is 15.4 Å². The van der Waals surface area contributed by atoms with E-state index in [2.05, 4.69) is 10.6 Å². The summed E-state index contributed by atoms with van der Waals surface area (Å²) in [7, 11) is 0. The number of ether oxygens (including phenoxy) is 1. The molecule has 0 atom stereocenters. The van der Waals surface area contributed by atoms with Crippen LogP contribution in [0.3, 0.4) is 0 Å². The first kappa shape index (κ1) is 17.0. The van der Waals surface area contributed by atoms with E-state index in [-0.39, 0.29) is 18.4 Å². The van der Waals surface area contributed by atoms with E-state index in [0.717, 1.165) is 5.56 Å². The summed E-state index contributed by atoms with van der Waals surface area (Å²) in [6, 6.07) is 7.51. The van der Waals surface area contributed by atoms with Gasteiger partial charge in [0.05, 0.1) is 0 Å².